The van der Waals surface area contributed by atoms with Crippen LogP contribution in [0.5, 0.6) is 0 Å². The van der Waals surface area contributed by atoms with Crippen molar-refractivity contribution < 1.29 is 10.0 Å². The van der Waals surface area contributed by atoms with E-state index in [9.17, 15) is 10.1 Å². The lowest BCUT2D eigenvalue weighted by Crippen LogP contribution is -2.21. The highest BCUT2D eigenvalue weighted by Gasteiger charge is 2.15. The Bertz CT molecular complexity index is 419. The first-order chi connectivity index (χ1) is 8.96. The van der Waals surface area contributed by atoms with Crippen LogP contribution < -0.4 is 5.32 Å². The highest BCUT2D eigenvalue weighted by molar-refractivity contribution is 5.39. The number of rotatable bonds is 8. The summed E-state index contributed by atoms with van der Waals surface area (Å²) in [4.78, 5) is 10.5. The van der Waals surface area contributed by atoms with Gasteiger partial charge in [-0.25, -0.2) is 0 Å². The van der Waals surface area contributed by atoms with E-state index in [-0.39, 0.29) is 22.6 Å². The third-order valence-corrected chi connectivity index (χ3v) is 3.14. The first kappa shape index (κ1) is 15.6. The van der Waals surface area contributed by atoms with E-state index in [1.54, 1.807) is 18.2 Å². The summed E-state index contributed by atoms with van der Waals surface area (Å²) in [5.74, 6) is 0. The van der Waals surface area contributed by atoms with Gasteiger partial charge in [0, 0.05) is 24.8 Å². The maximum absolute atomic E-state index is 10.8. The van der Waals surface area contributed by atoms with Gasteiger partial charge in [-0.2, -0.15) is 0 Å². The van der Waals surface area contributed by atoms with Crippen LogP contribution in [0.1, 0.15) is 32.3 Å². The molecule has 0 saturated carbocycles. The van der Waals surface area contributed by atoms with Crippen molar-refractivity contribution in [2.45, 2.75) is 33.2 Å². The zero-order chi connectivity index (χ0) is 14.3. The molecule has 0 aliphatic rings. The number of aliphatic hydroxyl groups excluding tert-OH is 1. The average Bonchev–Trinajstić information content (AvgIpc) is 2.38. The van der Waals surface area contributed by atoms with E-state index >= 15 is 0 Å². The van der Waals surface area contributed by atoms with E-state index in [1.807, 2.05) is 13.8 Å². The normalized spacial score (nSPS) is 11.5. The molecule has 1 rings (SSSR count). The molecule has 2 N–H and O–H groups in total. The Morgan fingerprint density at radius 3 is 2.68 bits per heavy atom. The molecule has 106 valence electrons. The zero-order valence-electron chi connectivity index (χ0n) is 11.6. The summed E-state index contributed by atoms with van der Waals surface area (Å²) in [7, 11) is 0. The monoisotopic (exact) mass is 266 g/mol. The average molecular weight is 266 g/mol. The van der Waals surface area contributed by atoms with Gasteiger partial charge in [-0.1, -0.05) is 32.0 Å². The summed E-state index contributed by atoms with van der Waals surface area (Å²) in [6, 6.07) is 6.76. The van der Waals surface area contributed by atoms with Gasteiger partial charge in [0.15, 0.2) is 0 Å². The molecule has 0 amide bonds. The van der Waals surface area contributed by atoms with Gasteiger partial charge in [0.05, 0.1) is 4.92 Å². The highest BCUT2D eigenvalue weighted by Crippen LogP contribution is 2.21. The van der Waals surface area contributed by atoms with E-state index in [0.717, 1.165) is 19.4 Å². The van der Waals surface area contributed by atoms with Crippen molar-refractivity contribution in [1.29, 1.82) is 0 Å². The Hall–Kier alpha value is -1.46. The number of para-hydroxylation sites is 1. The van der Waals surface area contributed by atoms with Crippen LogP contribution in [0.3, 0.4) is 0 Å². The van der Waals surface area contributed by atoms with E-state index in [4.69, 9.17) is 5.11 Å². The Morgan fingerprint density at radius 2 is 2.05 bits per heavy atom. The minimum absolute atomic E-state index is 0.0551. The molecule has 0 atom stereocenters. The predicted molar refractivity (Wildman–Crippen MR) is 74.9 cm³/mol. The topological polar surface area (TPSA) is 75.4 Å². The summed E-state index contributed by atoms with van der Waals surface area (Å²) >= 11 is 0. The van der Waals surface area contributed by atoms with Crippen LogP contribution in [0.4, 0.5) is 5.69 Å². The van der Waals surface area contributed by atoms with Crippen molar-refractivity contribution in [2.75, 3.05) is 13.2 Å². The second-order valence-electron chi connectivity index (χ2n) is 5.49. The number of hydrogen-bond acceptors (Lipinski definition) is 4. The van der Waals surface area contributed by atoms with Crippen LogP contribution in [0.2, 0.25) is 0 Å². The fraction of sp³-hybridized carbons (Fsp3) is 0.571. The molecule has 5 nitrogen and oxygen atoms in total. The molecule has 1 aromatic carbocycles. The van der Waals surface area contributed by atoms with Gasteiger partial charge in [-0.15, -0.1) is 0 Å². The molecule has 19 heavy (non-hydrogen) atoms. The smallest absolute Gasteiger partial charge is 0.273 e. The highest BCUT2D eigenvalue weighted by atomic mass is 16.6. The van der Waals surface area contributed by atoms with E-state index in [0.29, 0.717) is 12.1 Å². The molecule has 0 unspecified atom stereocenters. The Balaban J connectivity index is 2.36. The molecule has 0 aliphatic heterocycles. The van der Waals surface area contributed by atoms with Crippen molar-refractivity contribution in [3.05, 3.63) is 39.9 Å². The number of nitrogens with zero attached hydrogens (tertiary/aromatic N) is 1. The van der Waals surface area contributed by atoms with Gasteiger partial charge in [0.25, 0.3) is 5.69 Å². The quantitative estimate of drug-likeness (QED) is 0.430. The summed E-state index contributed by atoms with van der Waals surface area (Å²) in [5, 5.41) is 23.2. The van der Waals surface area contributed by atoms with E-state index in [1.165, 1.54) is 6.07 Å². The number of nitrogens with one attached hydrogen (secondary N) is 1. The number of benzene rings is 1. The van der Waals surface area contributed by atoms with Gasteiger partial charge >= 0.3 is 0 Å². The second-order valence-corrected chi connectivity index (χ2v) is 5.49. The summed E-state index contributed by atoms with van der Waals surface area (Å²) in [5.41, 5.74) is 0.806. The molecule has 0 aliphatic carbocycles. The van der Waals surface area contributed by atoms with Gasteiger partial charge < -0.3 is 10.4 Å². The third kappa shape index (κ3) is 5.36. The molecule has 0 spiro atoms. The fourth-order valence-electron chi connectivity index (χ4n) is 1.83. The molecule has 0 saturated heterocycles. The number of nitro benzene ring substituents is 1. The Morgan fingerprint density at radius 1 is 1.37 bits per heavy atom. The standard InChI is InChI=1S/C14H22N2O3/c1-14(2,11-17)8-5-9-15-10-12-6-3-4-7-13(12)16(18)19/h3-4,6-7,15,17H,5,8-11H2,1-2H3. The predicted octanol–water partition coefficient (Wildman–Crippen LogP) is 2.48. The number of aliphatic hydroxyl groups is 1. The molecule has 0 heterocycles. The molecule has 0 aromatic heterocycles. The Kier molecular flexibility index (Phi) is 5.92. The van der Waals surface area contributed by atoms with Crippen molar-refractivity contribution >= 4 is 5.69 Å². The zero-order valence-corrected chi connectivity index (χ0v) is 11.6. The van der Waals surface area contributed by atoms with Crippen LogP contribution >= 0.6 is 0 Å². The summed E-state index contributed by atoms with van der Waals surface area (Å²) in [6.45, 7) is 5.51. The van der Waals surface area contributed by atoms with Crippen LogP contribution in [-0.2, 0) is 6.54 Å². The van der Waals surface area contributed by atoms with Gasteiger partial charge in [-0.05, 0) is 24.8 Å². The number of nitro groups is 1. The first-order valence-electron chi connectivity index (χ1n) is 6.50. The second kappa shape index (κ2) is 7.21. The first-order valence-corrected chi connectivity index (χ1v) is 6.50. The largest absolute Gasteiger partial charge is 0.396 e. The Labute approximate surface area is 113 Å². The molecule has 0 radical (unpaired) electrons. The maximum atomic E-state index is 10.8. The van der Waals surface area contributed by atoms with Crippen LogP contribution in [-0.4, -0.2) is 23.2 Å². The van der Waals surface area contributed by atoms with Crippen molar-refractivity contribution in [1.82, 2.24) is 5.32 Å². The molecule has 5 heteroatoms. The molecular weight excluding hydrogens is 244 g/mol. The van der Waals surface area contributed by atoms with E-state index in [2.05, 4.69) is 5.32 Å². The van der Waals surface area contributed by atoms with Crippen LogP contribution in [0, 0.1) is 15.5 Å². The van der Waals surface area contributed by atoms with Gasteiger partial charge in [0.1, 0.15) is 0 Å². The summed E-state index contributed by atoms with van der Waals surface area (Å²) < 4.78 is 0. The SMILES string of the molecule is CC(C)(CO)CCCNCc1ccccc1[N+](=O)[O-]. The van der Waals surface area contributed by atoms with Crippen molar-refractivity contribution in [3.8, 4) is 0 Å². The molecule has 0 bridgehead atoms. The van der Waals surface area contributed by atoms with Crippen molar-refractivity contribution in [3.63, 3.8) is 0 Å². The summed E-state index contributed by atoms with van der Waals surface area (Å²) in [6.07, 6.45) is 1.86. The number of hydrogen-bond donors (Lipinski definition) is 2. The molecular formula is C14H22N2O3. The minimum Gasteiger partial charge on any atom is -0.396 e. The van der Waals surface area contributed by atoms with Gasteiger partial charge in [-0.3, -0.25) is 10.1 Å². The van der Waals surface area contributed by atoms with Crippen LogP contribution in [0.15, 0.2) is 24.3 Å². The van der Waals surface area contributed by atoms with E-state index < -0.39 is 0 Å². The molecule has 0 fully saturated rings. The van der Waals surface area contributed by atoms with Gasteiger partial charge in [0.2, 0.25) is 0 Å². The molecule has 1 aromatic rings. The third-order valence-electron chi connectivity index (χ3n) is 3.14. The van der Waals surface area contributed by atoms with Crippen molar-refractivity contribution in [2.24, 2.45) is 5.41 Å². The maximum Gasteiger partial charge on any atom is 0.273 e. The lowest BCUT2D eigenvalue weighted by molar-refractivity contribution is -0.385. The minimum atomic E-state index is -0.355. The van der Waals surface area contributed by atoms with Crippen LogP contribution in [0.25, 0.3) is 0 Å². The fourth-order valence-corrected chi connectivity index (χ4v) is 1.83. The lowest BCUT2D eigenvalue weighted by Gasteiger charge is -2.21. The lowest BCUT2D eigenvalue weighted by atomic mass is 9.89.